The van der Waals surface area contributed by atoms with E-state index in [2.05, 4.69) is 16.9 Å². The van der Waals surface area contributed by atoms with Gasteiger partial charge in [-0.2, -0.15) is 8.42 Å². The molecule has 1 aromatic rings. The van der Waals surface area contributed by atoms with E-state index in [1.807, 2.05) is 6.92 Å². The van der Waals surface area contributed by atoms with E-state index in [1.54, 1.807) is 6.07 Å². The molecule has 0 saturated carbocycles. The lowest BCUT2D eigenvalue weighted by atomic mass is 10.2. The number of amides is 1. The van der Waals surface area contributed by atoms with Gasteiger partial charge in [0.25, 0.3) is 15.9 Å². The van der Waals surface area contributed by atoms with Gasteiger partial charge in [0.05, 0.1) is 12.1 Å². The lowest BCUT2D eigenvalue weighted by Crippen LogP contribution is -2.34. The summed E-state index contributed by atoms with van der Waals surface area (Å²) in [7, 11) is -3.84. The number of rotatable bonds is 6. The van der Waals surface area contributed by atoms with Crippen molar-refractivity contribution in [1.82, 2.24) is 14.6 Å². The minimum Gasteiger partial charge on any atom is -0.313 e. The van der Waals surface area contributed by atoms with Crippen LogP contribution in [-0.2, 0) is 10.0 Å². The van der Waals surface area contributed by atoms with Crippen LogP contribution in [-0.4, -0.2) is 43.2 Å². The molecular weight excluding hydrogens is 278 g/mol. The largest absolute Gasteiger partial charge is 0.313 e. The van der Waals surface area contributed by atoms with Gasteiger partial charge in [0, 0.05) is 12.7 Å². The van der Waals surface area contributed by atoms with Gasteiger partial charge in [-0.1, -0.05) is 13.5 Å². The van der Waals surface area contributed by atoms with Crippen molar-refractivity contribution in [3.8, 4) is 0 Å². The molecule has 2 heterocycles. The summed E-state index contributed by atoms with van der Waals surface area (Å²) in [6.07, 6.45) is 2.34. The van der Waals surface area contributed by atoms with Crippen molar-refractivity contribution in [2.24, 2.45) is 0 Å². The number of carbonyl (C=O) groups is 1. The van der Waals surface area contributed by atoms with Gasteiger partial charge in [-0.15, -0.1) is 0 Å². The maximum atomic E-state index is 12.2. The fourth-order valence-electron chi connectivity index (χ4n) is 1.96. The van der Waals surface area contributed by atoms with Crippen LogP contribution in [0.3, 0.4) is 0 Å². The molecule has 20 heavy (non-hydrogen) atoms. The van der Waals surface area contributed by atoms with Crippen LogP contribution < -0.4 is 5.32 Å². The number of hydrogen-bond donors (Lipinski definition) is 1. The second-order valence-corrected chi connectivity index (χ2v) is 6.38. The number of carbonyl (C=O) groups excluding carboxylic acids is 1. The first-order valence-corrected chi connectivity index (χ1v) is 7.82. The maximum absolute atomic E-state index is 12.2. The summed E-state index contributed by atoms with van der Waals surface area (Å²) in [4.78, 5) is 15.9. The number of nitrogens with zero attached hydrogens (tertiary/aromatic N) is 2. The Balaban J connectivity index is 2.15. The first-order valence-electron chi connectivity index (χ1n) is 6.38. The Morgan fingerprint density at radius 3 is 2.90 bits per heavy atom. The Labute approximate surface area is 118 Å². The average Bonchev–Trinajstić information content (AvgIpc) is 2.61. The lowest BCUT2D eigenvalue weighted by molar-refractivity contribution is 0.0878. The van der Waals surface area contributed by atoms with E-state index in [9.17, 15) is 13.2 Å². The third-order valence-electron chi connectivity index (χ3n) is 2.93. The predicted octanol–water partition coefficient (Wildman–Crippen LogP) is 0.782. The van der Waals surface area contributed by atoms with E-state index >= 15 is 0 Å². The van der Waals surface area contributed by atoms with Crippen LogP contribution in [0, 0.1) is 0 Å². The van der Waals surface area contributed by atoms with Gasteiger partial charge in [-0.25, -0.2) is 9.29 Å². The Morgan fingerprint density at radius 1 is 1.50 bits per heavy atom. The highest BCUT2D eigenvalue weighted by molar-refractivity contribution is 7.90. The van der Waals surface area contributed by atoms with Crippen molar-refractivity contribution < 1.29 is 13.2 Å². The van der Waals surface area contributed by atoms with Gasteiger partial charge in [0.2, 0.25) is 0 Å². The zero-order valence-electron chi connectivity index (χ0n) is 11.3. The topological polar surface area (TPSA) is 79.4 Å². The standard InChI is InChI=1S/C13H17N3O3S/c1-3-6-14-8-10(2)9-16-13(17)11-5-4-7-15-12(11)20(16,18)19/h4-5,7,14H,2-3,6,8-9H2,1H3. The van der Waals surface area contributed by atoms with Crippen molar-refractivity contribution >= 4 is 15.9 Å². The molecule has 1 aliphatic rings. The molecule has 0 atom stereocenters. The fraction of sp³-hybridized carbons (Fsp3) is 0.385. The first kappa shape index (κ1) is 14.7. The van der Waals surface area contributed by atoms with Crippen molar-refractivity contribution in [1.29, 1.82) is 0 Å². The lowest BCUT2D eigenvalue weighted by Gasteiger charge is -2.16. The van der Waals surface area contributed by atoms with Crippen molar-refractivity contribution in [2.75, 3.05) is 19.6 Å². The molecule has 1 N–H and O–H groups in total. The summed E-state index contributed by atoms with van der Waals surface area (Å²) in [6.45, 7) is 7.13. The SMILES string of the molecule is C=C(CNCCC)CN1C(=O)c2cccnc2S1(=O)=O. The van der Waals surface area contributed by atoms with E-state index in [-0.39, 0.29) is 17.1 Å². The Kier molecular flexibility index (Phi) is 4.20. The van der Waals surface area contributed by atoms with Crippen molar-refractivity contribution in [3.63, 3.8) is 0 Å². The smallest absolute Gasteiger partial charge is 0.285 e. The first-order chi connectivity index (χ1) is 9.48. The number of pyridine rings is 1. The van der Waals surface area contributed by atoms with E-state index in [0.717, 1.165) is 17.3 Å². The van der Waals surface area contributed by atoms with Crippen molar-refractivity contribution in [3.05, 3.63) is 36.0 Å². The van der Waals surface area contributed by atoms with Gasteiger partial charge >= 0.3 is 0 Å². The van der Waals surface area contributed by atoms with Crippen LogP contribution >= 0.6 is 0 Å². The highest BCUT2D eigenvalue weighted by Crippen LogP contribution is 2.28. The Hall–Kier alpha value is -1.73. The molecule has 1 aliphatic heterocycles. The zero-order valence-corrected chi connectivity index (χ0v) is 12.1. The molecule has 2 rings (SSSR count). The summed E-state index contributed by atoms with van der Waals surface area (Å²) in [5.74, 6) is -0.537. The molecule has 1 amide bonds. The Bertz CT molecular complexity index is 640. The normalized spacial score (nSPS) is 16.2. The van der Waals surface area contributed by atoms with Crippen LogP contribution in [0.2, 0.25) is 0 Å². The number of hydrogen-bond acceptors (Lipinski definition) is 5. The van der Waals surface area contributed by atoms with Crippen LogP contribution in [0.15, 0.2) is 35.5 Å². The number of nitrogens with one attached hydrogen (secondary N) is 1. The molecule has 1 aromatic heterocycles. The van der Waals surface area contributed by atoms with E-state index in [0.29, 0.717) is 12.1 Å². The molecule has 0 unspecified atom stereocenters. The van der Waals surface area contributed by atoms with Gasteiger partial charge in [-0.05, 0) is 30.7 Å². The van der Waals surface area contributed by atoms with Gasteiger partial charge in [0.15, 0.2) is 5.03 Å². The van der Waals surface area contributed by atoms with Gasteiger partial charge < -0.3 is 5.32 Å². The summed E-state index contributed by atoms with van der Waals surface area (Å²) in [5.41, 5.74) is 0.769. The molecule has 0 radical (unpaired) electrons. The molecule has 108 valence electrons. The summed E-state index contributed by atoms with van der Waals surface area (Å²) < 4.78 is 25.3. The maximum Gasteiger partial charge on any atom is 0.285 e. The molecule has 7 heteroatoms. The van der Waals surface area contributed by atoms with Crippen LogP contribution in [0.4, 0.5) is 0 Å². The molecule has 0 aliphatic carbocycles. The van der Waals surface area contributed by atoms with Crippen LogP contribution in [0.25, 0.3) is 0 Å². The van der Waals surface area contributed by atoms with Crippen LogP contribution in [0.1, 0.15) is 23.7 Å². The number of aromatic nitrogens is 1. The molecule has 0 fully saturated rings. The third kappa shape index (κ3) is 2.59. The quantitative estimate of drug-likeness (QED) is 0.620. The molecule has 0 spiro atoms. The Morgan fingerprint density at radius 2 is 2.25 bits per heavy atom. The second kappa shape index (κ2) is 5.72. The molecule has 0 saturated heterocycles. The highest BCUT2D eigenvalue weighted by Gasteiger charge is 2.42. The molecule has 6 nitrogen and oxygen atoms in total. The third-order valence-corrected chi connectivity index (χ3v) is 4.62. The van der Waals surface area contributed by atoms with Crippen molar-refractivity contribution in [2.45, 2.75) is 18.4 Å². The van der Waals surface area contributed by atoms with Gasteiger partial charge in [-0.3, -0.25) is 4.79 Å². The monoisotopic (exact) mass is 295 g/mol. The summed E-state index contributed by atoms with van der Waals surface area (Å²) >= 11 is 0. The highest BCUT2D eigenvalue weighted by atomic mass is 32.2. The summed E-state index contributed by atoms with van der Waals surface area (Å²) in [5, 5.41) is 2.96. The zero-order chi connectivity index (χ0) is 14.8. The van der Waals surface area contributed by atoms with Gasteiger partial charge in [0.1, 0.15) is 0 Å². The second-order valence-electron chi connectivity index (χ2n) is 4.60. The predicted molar refractivity (Wildman–Crippen MR) is 74.8 cm³/mol. The molecular formula is C13H17N3O3S. The minimum atomic E-state index is -3.84. The van der Waals surface area contributed by atoms with E-state index < -0.39 is 15.9 Å². The number of sulfonamides is 1. The van der Waals surface area contributed by atoms with E-state index in [1.165, 1.54) is 12.3 Å². The average molecular weight is 295 g/mol. The number of fused-ring (bicyclic) bond motifs is 1. The van der Waals surface area contributed by atoms with Crippen LogP contribution in [0.5, 0.6) is 0 Å². The molecule has 0 aromatic carbocycles. The summed E-state index contributed by atoms with van der Waals surface area (Å²) in [6, 6.07) is 3.02. The molecule has 0 bridgehead atoms. The fourth-order valence-corrected chi connectivity index (χ4v) is 3.47. The van der Waals surface area contributed by atoms with E-state index in [4.69, 9.17) is 0 Å². The minimum absolute atomic E-state index is 0.0196.